The van der Waals surface area contributed by atoms with Gasteiger partial charge < -0.3 is 4.74 Å². The van der Waals surface area contributed by atoms with Gasteiger partial charge in [-0.1, -0.05) is 0 Å². The van der Waals surface area contributed by atoms with Crippen LogP contribution in [0, 0.1) is 0 Å². The maximum absolute atomic E-state index is 12.8. The Morgan fingerprint density at radius 1 is 0.552 bits per heavy atom. The first kappa shape index (κ1) is 30.0. The Balaban J connectivity index is 0. The first-order chi connectivity index (χ1) is 12.5. The molecule has 1 atom stereocenters. The van der Waals surface area contributed by atoms with Gasteiger partial charge in [0.25, 0.3) is 6.43 Å². The lowest BCUT2D eigenvalue weighted by molar-refractivity contribution is -0.444. The summed E-state index contributed by atoms with van der Waals surface area (Å²) in [6.45, 7) is 5.67. The Hall–Kier alpha value is -1.16. The minimum atomic E-state index is -8.28. The van der Waals surface area contributed by atoms with Crippen molar-refractivity contribution in [3.63, 3.8) is 0 Å². The molecule has 0 radical (unpaired) electrons. The molecule has 0 fully saturated rings. The fraction of sp³-hybridized carbons (Fsp3) is 1.00. The summed E-state index contributed by atoms with van der Waals surface area (Å²) in [7, 11) is 0. The second-order valence-electron chi connectivity index (χ2n) is 4.94. The molecule has 0 saturated heterocycles. The highest BCUT2D eigenvalue weighted by Crippen LogP contribution is 2.61. The van der Waals surface area contributed by atoms with Crippen molar-refractivity contribution in [1.29, 1.82) is 0 Å². The van der Waals surface area contributed by atoms with Crippen LogP contribution in [0.2, 0.25) is 0 Å². The van der Waals surface area contributed by atoms with Crippen LogP contribution in [0.4, 0.5) is 70.2 Å². The molecule has 178 valence electrons. The maximum Gasteiger partial charge on any atom is 0.460 e. The molecule has 1 unspecified atom stereocenters. The predicted molar refractivity (Wildman–Crippen MR) is 63.9 cm³/mol. The van der Waals surface area contributed by atoms with Crippen LogP contribution in [0.25, 0.3) is 0 Å². The Bertz CT molecular complexity index is 495. The lowest BCUT2D eigenvalue weighted by Crippen LogP contribution is -2.71. The van der Waals surface area contributed by atoms with Gasteiger partial charge in [-0.15, -0.1) is 0 Å². The van der Waals surface area contributed by atoms with Crippen LogP contribution in [-0.2, 0) is 4.74 Å². The topological polar surface area (TPSA) is 9.23 Å². The van der Waals surface area contributed by atoms with Crippen LogP contribution in [0.1, 0.15) is 13.8 Å². The van der Waals surface area contributed by atoms with Crippen molar-refractivity contribution in [2.45, 2.75) is 62.2 Å². The minimum Gasteiger partial charge on any atom is -0.382 e. The van der Waals surface area contributed by atoms with Crippen LogP contribution in [0.5, 0.6) is 0 Å². The second-order valence-corrected chi connectivity index (χ2v) is 4.94. The number of alkyl halides is 16. The Morgan fingerprint density at radius 3 is 1.07 bits per heavy atom. The summed E-state index contributed by atoms with van der Waals surface area (Å²) in [5.74, 6) is -40.0. The number of hydrogen-bond acceptors (Lipinski definition) is 1. The van der Waals surface area contributed by atoms with Crippen molar-refractivity contribution in [2.24, 2.45) is 0 Å². The SMILES string of the molecule is CCOCC.FC(F)C(F)C(F)(F)C(F)(F)C(F)(F)C(F)(F)C(F)(F)C(F)(F)F. The van der Waals surface area contributed by atoms with Gasteiger partial charge >= 0.3 is 35.8 Å². The van der Waals surface area contributed by atoms with Crippen LogP contribution in [0.15, 0.2) is 0 Å². The molecule has 0 amide bonds. The molecule has 29 heavy (non-hydrogen) atoms. The van der Waals surface area contributed by atoms with Crippen LogP contribution < -0.4 is 0 Å². The maximum atomic E-state index is 12.8. The van der Waals surface area contributed by atoms with Gasteiger partial charge in [0.15, 0.2) is 0 Å². The molecule has 0 aromatic rings. The van der Waals surface area contributed by atoms with Gasteiger partial charge in [-0.2, -0.15) is 57.1 Å². The van der Waals surface area contributed by atoms with E-state index in [1.54, 1.807) is 0 Å². The third-order valence-electron chi connectivity index (χ3n) is 2.93. The van der Waals surface area contributed by atoms with Crippen molar-refractivity contribution in [1.82, 2.24) is 0 Å². The largest absolute Gasteiger partial charge is 0.460 e. The molecule has 0 aromatic heterocycles. The summed E-state index contributed by atoms with van der Waals surface area (Å²) in [5.41, 5.74) is 0. The monoisotopic (exact) mass is 476 g/mol. The molecule has 0 aromatic carbocycles. The smallest absolute Gasteiger partial charge is 0.382 e. The summed E-state index contributed by atoms with van der Waals surface area (Å²) in [4.78, 5) is 0. The number of hydrogen-bond donors (Lipinski definition) is 0. The summed E-state index contributed by atoms with van der Waals surface area (Å²) in [6.07, 6.45) is -18.4. The van der Waals surface area contributed by atoms with Crippen LogP contribution in [-0.4, -0.2) is 61.6 Å². The molecule has 0 aliphatic carbocycles. The molecule has 17 heteroatoms. The zero-order chi connectivity index (χ0) is 24.3. The van der Waals surface area contributed by atoms with E-state index in [1.807, 2.05) is 13.8 Å². The molecule has 0 N–H and O–H groups in total. The minimum absolute atomic E-state index is 0.844. The van der Waals surface area contributed by atoms with E-state index in [2.05, 4.69) is 0 Å². The molecular formula is C12H12F16O. The van der Waals surface area contributed by atoms with Gasteiger partial charge in [0.2, 0.25) is 6.17 Å². The van der Waals surface area contributed by atoms with Gasteiger partial charge in [0.05, 0.1) is 0 Å². The molecule has 1 nitrogen and oxygen atoms in total. The molecule has 0 saturated carbocycles. The standard InChI is InChI=1S/C8H2F16.C4H10O/c9-1(2(10)11)3(12,13)4(14,15)5(16,17)6(18,19)7(20,21)8(22,23)24;1-3-5-4-2/h1-2H;3-4H2,1-2H3. The van der Waals surface area contributed by atoms with E-state index < -0.39 is 48.4 Å². The fourth-order valence-electron chi connectivity index (χ4n) is 1.32. The lowest BCUT2D eigenvalue weighted by atomic mass is 9.92. The van der Waals surface area contributed by atoms with Crippen molar-refractivity contribution in [2.75, 3.05) is 13.2 Å². The molecule has 0 spiro atoms. The average Bonchev–Trinajstić information content (AvgIpc) is 2.53. The lowest BCUT2D eigenvalue weighted by Gasteiger charge is -2.40. The third kappa shape index (κ3) is 5.31. The summed E-state index contributed by atoms with van der Waals surface area (Å²) < 4.78 is 201. The van der Waals surface area contributed by atoms with Gasteiger partial charge in [-0.3, -0.25) is 0 Å². The number of ether oxygens (including phenoxy) is 1. The zero-order valence-electron chi connectivity index (χ0n) is 14.0. The third-order valence-corrected chi connectivity index (χ3v) is 2.93. The van der Waals surface area contributed by atoms with Gasteiger partial charge in [-0.05, 0) is 13.8 Å². The van der Waals surface area contributed by atoms with E-state index in [-0.39, 0.29) is 0 Å². The molecular weight excluding hydrogens is 464 g/mol. The molecule has 0 aliphatic rings. The van der Waals surface area contributed by atoms with E-state index in [0.29, 0.717) is 0 Å². The van der Waals surface area contributed by atoms with Gasteiger partial charge in [-0.25, -0.2) is 13.2 Å². The van der Waals surface area contributed by atoms with Crippen molar-refractivity contribution >= 4 is 0 Å². The number of halogens is 16. The Kier molecular flexibility index (Phi) is 9.66. The van der Waals surface area contributed by atoms with Crippen molar-refractivity contribution in [3.05, 3.63) is 0 Å². The molecule has 0 aliphatic heterocycles. The van der Waals surface area contributed by atoms with Gasteiger partial charge in [0.1, 0.15) is 0 Å². The van der Waals surface area contributed by atoms with E-state index in [9.17, 15) is 70.2 Å². The first-order valence-corrected chi connectivity index (χ1v) is 6.97. The number of rotatable bonds is 8. The second kappa shape index (κ2) is 9.32. The Morgan fingerprint density at radius 2 is 0.862 bits per heavy atom. The van der Waals surface area contributed by atoms with E-state index >= 15 is 0 Å². The Labute approximate surface area is 152 Å². The normalized spacial score (nSPS) is 15.8. The zero-order valence-corrected chi connectivity index (χ0v) is 14.0. The average molecular weight is 476 g/mol. The van der Waals surface area contributed by atoms with Crippen molar-refractivity contribution < 1.29 is 75.0 Å². The van der Waals surface area contributed by atoms with Crippen molar-refractivity contribution in [3.8, 4) is 0 Å². The predicted octanol–water partition coefficient (Wildman–Crippen LogP) is 6.37. The van der Waals surface area contributed by atoms with Gasteiger partial charge in [0, 0.05) is 13.2 Å². The summed E-state index contributed by atoms with van der Waals surface area (Å²) in [5, 5.41) is 0. The first-order valence-electron chi connectivity index (χ1n) is 6.97. The molecule has 0 rings (SSSR count). The van der Waals surface area contributed by atoms with Crippen LogP contribution >= 0.6 is 0 Å². The highest BCUT2D eigenvalue weighted by atomic mass is 19.4. The highest BCUT2D eigenvalue weighted by molar-refractivity contribution is 5.11. The van der Waals surface area contributed by atoms with E-state index in [1.165, 1.54) is 0 Å². The molecule has 0 heterocycles. The fourth-order valence-corrected chi connectivity index (χ4v) is 1.32. The summed E-state index contributed by atoms with van der Waals surface area (Å²) in [6, 6.07) is 0. The molecule has 0 bridgehead atoms. The highest BCUT2D eigenvalue weighted by Gasteiger charge is 2.91. The summed E-state index contributed by atoms with van der Waals surface area (Å²) >= 11 is 0. The van der Waals surface area contributed by atoms with E-state index in [4.69, 9.17) is 4.74 Å². The quantitative estimate of drug-likeness (QED) is 0.370. The van der Waals surface area contributed by atoms with Crippen LogP contribution in [0.3, 0.4) is 0 Å². The van der Waals surface area contributed by atoms with E-state index in [0.717, 1.165) is 13.2 Å².